The third-order valence-corrected chi connectivity index (χ3v) is 2.99. The minimum atomic E-state index is 0. The Balaban J connectivity index is 0.000000810. The van der Waals surface area contributed by atoms with Gasteiger partial charge in [-0.1, -0.05) is 41.0 Å². The van der Waals surface area contributed by atoms with E-state index in [4.69, 9.17) is 0 Å². The summed E-state index contributed by atoms with van der Waals surface area (Å²) in [6.45, 7) is 7.03. The van der Waals surface area contributed by atoms with E-state index >= 15 is 0 Å². The van der Waals surface area contributed by atoms with Gasteiger partial charge in [-0.3, -0.25) is 0 Å². The second kappa shape index (κ2) is 3.41. The lowest BCUT2D eigenvalue weighted by Crippen LogP contribution is -2.33. The van der Waals surface area contributed by atoms with E-state index < -0.39 is 0 Å². The molecule has 0 nitrogen and oxygen atoms in total. The van der Waals surface area contributed by atoms with Crippen molar-refractivity contribution in [3.63, 3.8) is 0 Å². The molecule has 0 radical (unpaired) electrons. The van der Waals surface area contributed by atoms with E-state index in [1.54, 1.807) is 0 Å². The Morgan fingerprint density at radius 1 is 1.30 bits per heavy atom. The predicted molar refractivity (Wildman–Crippen MR) is 48.1 cm³/mol. The van der Waals surface area contributed by atoms with Crippen LogP contribution in [0.1, 0.15) is 53.9 Å². The Hall–Kier alpha value is 0. The molecule has 0 N–H and O–H groups in total. The van der Waals surface area contributed by atoms with Gasteiger partial charge in [0.05, 0.1) is 0 Å². The Kier molecular flexibility index (Phi) is 3.41. The molecule has 10 heavy (non-hydrogen) atoms. The van der Waals surface area contributed by atoms with Crippen molar-refractivity contribution >= 4 is 0 Å². The first-order valence-corrected chi connectivity index (χ1v) is 4.20. The average Bonchev–Trinajstić information content (AvgIpc) is 1.81. The van der Waals surface area contributed by atoms with Gasteiger partial charge in [0.1, 0.15) is 0 Å². The molecule has 0 unspecified atom stereocenters. The summed E-state index contributed by atoms with van der Waals surface area (Å²) >= 11 is 0. The van der Waals surface area contributed by atoms with Crippen molar-refractivity contribution in [2.24, 2.45) is 11.3 Å². The summed E-state index contributed by atoms with van der Waals surface area (Å²) in [5, 5.41) is 0. The molecule has 0 aliphatic heterocycles. The van der Waals surface area contributed by atoms with Gasteiger partial charge in [0, 0.05) is 0 Å². The predicted octanol–water partition coefficient (Wildman–Crippen LogP) is 3.86. The summed E-state index contributed by atoms with van der Waals surface area (Å²) < 4.78 is 0. The summed E-state index contributed by atoms with van der Waals surface area (Å²) in [5.41, 5.74) is 0.737. The molecule has 1 fully saturated rings. The summed E-state index contributed by atoms with van der Waals surface area (Å²) in [4.78, 5) is 0. The zero-order chi connectivity index (χ0) is 6.91. The Labute approximate surface area is 66.0 Å². The molecule has 0 atom stereocenters. The lowest BCUT2D eigenvalue weighted by molar-refractivity contribution is 0.0684. The highest BCUT2D eigenvalue weighted by Gasteiger charge is 2.36. The van der Waals surface area contributed by atoms with Crippen LogP contribution in [0.3, 0.4) is 0 Å². The largest absolute Gasteiger partial charge is 0.0776 e. The first-order chi connectivity index (χ1) is 4.20. The molecule has 0 aromatic carbocycles. The maximum Gasteiger partial charge on any atom is -0.0323 e. The van der Waals surface area contributed by atoms with Gasteiger partial charge in [-0.05, 0) is 24.2 Å². The fourth-order valence-electron chi connectivity index (χ4n) is 1.91. The molecule has 0 spiro atoms. The molecule has 1 rings (SSSR count). The first-order valence-electron chi connectivity index (χ1n) is 4.20. The summed E-state index contributed by atoms with van der Waals surface area (Å²) in [6, 6.07) is 0. The van der Waals surface area contributed by atoms with E-state index in [1.807, 2.05) is 0 Å². The van der Waals surface area contributed by atoms with Gasteiger partial charge in [0.25, 0.3) is 0 Å². The van der Waals surface area contributed by atoms with Crippen LogP contribution < -0.4 is 0 Å². The quantitative estimate of drug-likeness (QED) is 0.549. The molecule has 0 aromatic rings. The summed E-state index contributed by atoms with van der Waals surface area (Å²) in [5.74, 6) is 1.06. The molecule has 0 amide bonds. The number of hydrogen-bond donors (Lipinski definition) is 0. The highest BCUT2D eigenvalue weighted by molar-refractivity contribution is 4.88. The number of hydrogen-bond acceptors (Lipinski definition) is 0. The lowest BCUT2D eigenvalue weighted by atomic mass is 9.61. The van der Waals surface area contributed by atoms with Crippen LogP contribution in [0.2, 0.25) is 0 Å². The van der Waals surface area contributed by atoms with Crippen LogP contribution in [-0.4, -0.2) is 0 Å². The molecule has 0 bridgehead atoms. The van der Waals surface area contributed by atoms with Gasteiger partial charge in [-0.2, -0.15) is 0 Å². The van der Waals surface area contributed by atoms with Crippen molar-refractivity contribution in [1.82, 2.24) is 0 Å². The SMILES string of the molecule is C.CCC1CC(C)(CC)C1. The third kappa shape index (κ3) is 1.74. The Morgan fingerprint density at radius 2 is 1.80 bits per heavy atom. The minimum Gasteiger partial charge on any atom is -0.0776 e. The van der Waals surface area contributed by atoms with Crippen LogP contribution >= 0.6 is 0 Å². The normalized spacial score (nSPS) is 38.1. The zero-order valence-electron chi connectivity index (χ0n) is 6.91. The van der Waals surface area contributed by atoms with Gasteiger partial charge in [0.15, 0.2) is 0 Å². The zero-order valence-corrected chi connectivity index (χ0v) is 6.91. The molecule has 1 aliphatic carbocycles. The van der Waals surface area contributed by atoms with Crippen LogP contribution in [0.5, 0.6) is 0 Å². The van der Waals surface area contributed by atoms with E-state index in [2.05, 4.69) is 20.8 Å². The van der Waals surface area contributed by atoms with Gasteiger partial charge < -0.3 is 0 Å². The highest BCUT2D eigenvalue weighted by Crippen LogP contribution is 2.48. The van der Waals surface area contributed by atoms with E-state index in [0.717, 1.165) is 11.3 Å². The van der Waals surface area contributed by atoms with E-state index in [0.29, 0.717) is 0 Å². The Bertz CT molecular complexity index is 88.2. The van der Waals surface area contributed by atoms with Crippen LogP contribution in [-0.2, 0) is 0 Å². The van der Waals surface area contributed by atoms with Gasteiger partial charge in [-0.15, -0.1) is 0 Å². The molecule has 1 aliphatic rings. The molecule has 0 heteroatoms. The van der Waals surface area contributed by atoms with Crippen LogP contribution in [0, 0.1) is 11.3 Å². The van der Waals surface area contributed by atoms with Crippen molar-refractivity contribution in [1.29, 1.82) is 0 Å². The van der Waals surface area contributed by atoms with E-state index in [1.165, 1.54) is 25.7 Å². The van der Waals surface area contributed by atoms with Crippen molar-refractivity contribution in [2.75, 3.05) is 0 Å². The van der Waals surface area contributed by atoms with Crippen molar-refractivity contribution in [2.45, 2.75) is 53.9 Å². The molecule has 62 valence electrons. The lowest BCUT2D eigenvalue weighted by Gasteiger charge is -2.44. The monoisotopic (exact) mass is 142 g/mol. The minimum absolute atomic E-state index is 0. The third-order valence-electron chi connectivity index (χ3n) is 2.99. The summed E-state index contributed by atoms with van der Waals surface area (Å²) in [7, 11) is 0. The summed E-state index contributed by atoms with van der Waals surface area (Å²) in [6.07, 6.45) is 5.75. The molecule has 0 aromatic heterocycles. The molecule has 0 saturated heterocycles. The highest BCUT2D eigenvalue weighted by atomic mass is 14.4. The average molecular weight is 142 g/mol. The number of rotatable bonds is 2. The van der Waals surface area contributed by atoms with Gasteiger partial charge in [-0.25, -0.2) is 0 Å². The fourth-order valence-corrected chi connectivity index (χ4v) is 1.91. The Morgan fingerprint density at radius 3 is 2.10 bits per heavy atom. The van der Waals surface area contributed by atoms with Crippen LogP contribution in [0.25, 0.3) is 0 Å². The van der Waals surface area contributed by atoms with Gasteiger partial charge in [0.2, 0.25) is 0 Å². The maximum absolute atomic E-state index is 2.42. The van der Waals surface area contributed by atoms with Crippen LogP contribution in [0.15, 0.2) is 0 Å². The topological polar surface area (TPSA) is 0 Å². The van der Waals surface area contributed by atoms with Crippen molar-refractivity contribution in [3.8, 4) is 0 Å². The maximum atomic E-state index is 2.42. The van der Waals surface area contributed by atoms with Crippen molar-refractivity contribution in [3.05, 3.63) is 0 Å². The van der Waals surface area contributed by atoms with Crippen molar-refractivity contribution < 1.29 is 0 Å². The second-order valence-electron chi connectivity index (χ2n) is 3.85. The van der Waals surface area contributed by atoms with Gasteiger partial charge >= 0.3 is 0 Å². The fraction of sp³-hybridized carbons (Fsp3) is 1.00. The molecular formula is C10H22. The van der Waals surface area contributed by atoms with Crippen LogP contribution in [0.4, 0.5) is 0 Å². The second-order valence-corrected chi connectivity index (χ2v) is 3.85. The first kappa shape index (κ1) is 10.0. The molecule has 1 saturated carbocycles. The smallest absolute Gasteiger partial charge is 0.0323 e. The standard InChI is InChI=1S/C9H18.CH4/c1-4-8-6-9(3,5-2)7-8;/h8H,4-7H2,1-3H3;1H4. The van der Waals surface area contributed by atoms with E-state index in [-0.39, 0.29) is 7.43 Å². The molecular weight excluding hydrogens is 120 g/mol. The molecule has 0 heterocycles. The van der Waals surface area contributed by atoms with E-state index in [9.17, 15) is 0 Å².